The third-order valence-electron chi connectivity index (χ3n) is 3.70. The van der Waals surface area contributed by atoms with Crippen LogP contribution in [0.4, 0.5) is 0 Å². The van der Waals surface area contributed by atoms with Crippen molar-refractivity contribution in [3.8, 4) is 5.75 Å². The summed E-state index contributed by atoms with van der Waals surface area (Å²) in [7, 11) is 0. The largest absolute Gasteiger partial charge is 0.493 e. The van der Waals surface area contributed by atoms with E-state index in [1.54, 1.807) is 0 Å². The van der Waals surface area contributed by atoms with Crippen molar-refractivity contribution < 1.29 is 14.6 Å². The number of ether oxygens (including phenoxy) is 1. The van der Waals surface area contributed by atoms with Gasteiger partial charge in [0.25, 0.3) is 0 Å². The Balaban J connectivity index is 1.94. The van der Waals surface area contributed by atoms with Crippen LogP contribution in [0.3, 0.4) is 0 Å². The average molecular weight is 268 g/mol. The third-order valence-corrected chi connectivity index (χ3v) is 4.03. The fourth-order valence-corrected chi connectivity index (χ4v) is 3.10. The highest BCUT2D eigenvalue weighted by molar-refractivity contribution is 6.31. The number of nitrogens with one attached hydrogen (secondary N) is 1. The molecule has 1 aromatic carbocycles. The Kier molecular flexibility index (Phi) is 2.92. The number of fused-ring (bicyclic) bond motifs is 1. The van der Waals surface area contributed by atoms with E-state index >= 15 is 0 Å². The number of carbonyl (C=O) groups is 1. The highest BCUT2D eigenvalue weighted by atomic mass is 35.5. The Hall–Kier alpha value is -1.26. The van der Waals surface area contributed by atoms with Crippen molar-refractivity contribution in [2.75, 3.05) is 13.2 Å². The molecule has 0 bridgehead atoms. The molecule has 96 valence electrons. The van der Waals surface area contributed by atoms with Crippen LogP contribution < -0.4 is 10.1 Å². The molecule has 0 radical (unpaired) electrons. The fraction of sp³-hybridized carbons (Fsp3) is 0.462. The molecule has 0 amide bonds. The van der Waals surface area contributed by atoms with Crippen molar-refractivity contribution in [1.82, 2.24) is 5.32 Å². The first-order chi connectivity index (χ1) is 8.66. The van der Waals surface area contributed by atoms with Crippen LogP contribution in [0.25, 0.3) is 0 Å². The summed E-state index contributed by atoms with van der Waals surface area (Å²) in [4.78, 5) is 11.0. The van der Waals surface area contributed by atoms with Crippen molar-refractivity contribution >= 4 is 17.6 Å². The Labute approximate surface area is 110 Å². The van der Waals surface area contributed by atoms with Gasteiger partial charge in [0, 0.05) is 29.6 Å². The van der Waals surface area contributed by atoms with Crippen LogP contribution >= 0.6 is 11.6 Å². The van der Waals surface area contributed by atoms with Crippen molar-refractivity contribution in [2.45, 2.75) is 18.9 Å². The van der Waals surface area contributed by atoms with Gasteiger partial charge < -0.3 is 15.2 Å². The van der Waals surface area contributed by atoms with Crippen LogP contribution in [0, 0.1) is 5.92 Å². The van der Waals surface area contributed by atoms with E-state index in [2.05, 4.69) is 5.32 Å². The Morgan fingerprint density at radius 2 is 2.33 bits per heavy atom. The summed E-state index contributed by atoms with van der Waals surface area (Å²) in [6.07, 6.45) is 1.44. The second-order valence-corrected chi connectivity index (χ2v) is 5.18. The zero-order valence-electron chi connectivity index (χ0n) is 9.78. The van der Waals surface area contributed by atoms with Gasteiger partial charge in [-0.05, 0) is 24.1 Å². The molecule has 4 nitrogen and oxygen atoms in total. The van der Waals surface area contributed by atoms with Gasteiger partial charge in [0.15, 0.2) is 0 Å². The molecule has 0 aromatic heterocycles. The van der Waals surface area contributed by atoms with E-state index in [0.29, 0.717) is 24.6 Å². The normalized spacial score (nSPS) is 25.8. The number of carboxylic acid groups (broad SMARTS) is 1. The summed E-state index contributed by atoms with van der Waals surface area (Å²) in [5.74, 6) is -0.191. The molecule has 2 N–H and O–H groups in total. The maximum Gasteiger partial charge on any atom is 0.307 e. The first-order valence-corrected chi connectivity index (χ1v) is 6.45. The third kappa shape index (κ3) is 1.85. The highest BCUT2D eigenvalue weighted by Gasteiger charge is 2.33. The number of hydrogen-bond acceptors (Lipinski definition) is 3. The Morgan fingerprint density at radius 3 is 3.06 bits per heavy atom. The van der Waals surface area contributed by atoms with E-state index in [4.69, 9.17) is 21.4 Å². The summed E-state index contributed by atoms with van der Waals surface area (Å²) in [6.45, 7) is 1.18. The average Bonchev–Trinajstić information content (AvgIpc) is 2.95. The second-order valence-electron chi connectivity index (χ2n) is 4.77. The zero-order valence-corrected chi connectivity index (χ0v) is 10.5. The topological polar surface area (TPSA) is 58.6 Å². The van der Waals surface area contributed by atoms with Gasteiger partial charge in [-0.2, -0.15) is 0 Å². The molecule has 2 unspecified atom stereocenters. The number of carboxylic acids is 1. The van der Waals surface area contributed by atoms with Gasteiger partial charge in [-0.25, -0.2) is 0 Å². The van der Waals surface area contributed by atoms with Gasteiger partial charge in [0.05, 0.1) is 12.5 Å². The molecule has 18 heavy (non-hydrogen) atoms. The molecule has 2 aliphatic heterocycles. The lowest BCUT2D eigenvalue weighted by Crippen LogP contribution is -2.17. The first kappa shape index (κ1) is 11.8. The van der Waals surface area contributed by atoms with Gasteiger partial charge in [0.1, 0.15) is 5.75 Å². The molecule has 1 aromatic rings. The predicted molar refractivity (Wildman–Crippen MR) is 67.1 cm³/mol. The summed E-state index contributed by atoms with van der Waals surface area (Å²) >= 11 is 6.27. The Morgan fingerprint density at radius 1 is 1.50 bits per heavy atom. The number of aliphatic carboxylic acids is 1. The highest BCUT2D eigenvalue weighted by Crippen LogP contribution is 2.40. The van der Waals surface area contributed by atoms with Crippen LogP contribution in [0.2, 0.25) is 5.02 Å². The fourth-order valence-electron chi connectivity index (χ4n) is 2.79. The lowest BCUT2D eigenvalue weighted by Gasteiger charge is -2.16. The predicted octanol–water partition coefficient (Wildman–Crippen LogP) is 2.01. The quantitative estimate of drug-likeness (QED) is 0.861. The Bertz CT molecular complexity index is 503. The summed E-state index contributed by atoms with van der Waals surface area (Å²) in [6, 6.07) is 3.74. The van der Waals surface area contributed by atoms with Gasteiger partial charge >= 0.3 is 5.97 Å². The van der Waals surface area contributed by atoms with Gasteiger partial charge in [0.2, 0.25) is 0 Å². The van der Waals surface area contributed by atoms with E-state index < -0.39 is 5.97 Å². The minimum Gasteiger partial charge on any atom is -0.493 e. The first-order valence-electron chi connectivity index (χ1n) is 6.07. The maximum atomic E-state index is 11.0. The van der Waals surface area contributed by atoms with Crippen LogP contribution in [-0.4, -0.2) is 24.2 Å². The smallest absolute Gasteiger partial charge is 0.307 e. The number of benzene rings is 1. The summed E-state index contributed by atoms with van der Waals surface area (Å²) in [5, 5.41) is 13.0. The maximum absolute atomic E-state index is 11.0. The molecule has 2 heterocycles. The van der Waals surface area contributed by atoms with Crippen LogP contribution in [0.15, 0.2) is 12.1 Å². The van der Waals surface area contributed by atoms with Gasteiger partial charge in [-0.3, -0.25) is 4.79 Å². The summed E-state index contributed by atoms with van der Waals surface area (Å²) < 4.78 is 5.53. The van der Waals surface area contributed by atoms with E-state index in [1.165, 1.54) is 0 Å². The van der Waals surface area contributed by atoms with Crippen molar-refractivity contribution in [3.63, 3.8) is 0 Å². The molecular weight excluding hydrogens is 254 g/mol. The van der Waals surface area contributed by atoms with E-state index in [1.807, 2.05) is 12.1 Å². The molecule has 3 rings (SSSR count). The van der Waals surface area contributed by atoms with E-state index in [9.17, 15) is 4.79 Å². The van der Waals surface area contributed by atoms with Crippen LogP contribution in [0.5, 0.6) is 5.75 Å². The van der Waals surface area contributed by atoms with Gasteiger partial charge in [-0.15, -0.1) is 0 Å². The lowest BCUT2D eigenvalue weighted by atomic mass is 9.94. The molecule has 1 saturated heterocycles. The van der Waals surface area contributed by atoms with E-state index in [0.717, 1.165) is 23.3 Å². The van der Waals surface area contributed by atoms with Crippen molar-refractivity contribution in [1.29, 1.82) is 0 Å². The molecule has 5 heteroatoms. The van der Waals surface area contributed by atoms with Crippen LogP contribution in [-0.2, 0) is 11.2 Å². The molecule has 2 aliphatic rings. The van der Waals surface area contributed by atoms with Crippen molar-refractivity contribution in [2.24, 2.45) is 5.92 Å². The van der Waals surface area contributed by atoms with Crippen LogP contribution in [0.1, 0.15) is 23.6 Å². The molecule has 0 spiro atoms. The minimum absolute atomic E-state index is 0.0234. The molecule has 2 atom stereocenters. The standard InChI is InChI=1S/C13H14ClNO3/c14-9-1-2-11-8(3-4-18-11)12(9)10-5-7(6-15-10)13(16)17/h1-2,7,10,15H,3-6H2,(H,16,17). The zero-order chi connectivity index (χ0) is 12.7. The second kappa shape index (κ2) is 4.44. The molecular formula is C13H14ClNO3. The summed E-state index contributed by atoms with van der Waals surface area (Å²) in [5.41, 5.74) is 2.15. The molecule has 0 saturated carbocycles. The minimum atomic E-state index is -0.745. The van der Waals surface area contributed by atoms with E-state index in [-0.39, 0.29) is 12.0 Å². The number of halogens is 1. The lowest BCUT2D eigenvalue weighted by molar-refractivity contribution is -0.141. The number of hydrogen-bond donors (Lipinski definition) is 2. The molecule has 1 fully saturated rings. The molecule has 0 aliphatic carbocycles. The SMILES string of the molecule is O=C(O)C1CNC(c2c(Cl)ccc3c2CCO3)C1. The van der Waals surface area contributed by atoms with Crippen molar-refractivity contribution in [3.05, 3.63) is 28.3 Å². The van der Waals surface area contributed by atoms with Gasteiger partial charge in [-0.1, -0.05) is 11.6 Å². The monoisotopic (exact) mass is 267 g/mol. The number of rotatable bonds is 2.